The molecule has 3 nitrogen and oxygen atoms in total. The zero-order chi connectivity index (χ0) is 16.4. The molecule has 1 aromatic rings. The number of fused-ring (bicyclic) bond motifs is 1. The van der Waals surface area contributed by atoms with Crippen molar-refractivity contribution in [2.24, 2.45) is 15.9 Å². The van der Waals surface area contributed by atoms with Gasteiger partial charge in [-0.25, -0.2) is 4.99 Å². The van der Waals surface area contributed by atoms with Gasteiger partial charge in [-0.15, -0.1) is 0 Å². The minimum absolute atomic E-state index is 0.138. The molecule has 2 aliphatic carbocycles. The fraction of sp³-hybridized carbons (Fsp3) is 0.600. The number of hydrogen-bond donors (Lipinski definition) is 1. The summed E-state index contributed by atoms with van der Waals surface area (Å²) >= 11 is 1.65. The Bertz CT molecular complexity index is 636. The molecule has 24 heavy (non-hydrogen) atoms. The lowest BCUT2D eigenvalue weighted by Gasteiger charge is -2.34. The van der Waals surface area contributed by atoms with Crippen LogP contribution in [0.3, 0.4) is 0 Å². The number of aliphatic imine (C=N–C) groups is 2. The monoisotopic (exact) mass is 342 g/mol. The van der Waals surface area contributed by atoms with Crippen molar-refractivity contribution >= 4 is 27.5 Å². The molecule has 0 amide bonds. The highest BCUT2D eigenvalue weighted by Gasteiger charge is 2.52. The van der Waals surface area contributed by atoms with E-state index < -0.39 is 5.60 Å². The van der Waals surface area contributed by atoms with Crippen LogP contribution < -0.4 is 0 Å². The Labute approximate surface area is 148 Å². The summed E-state index contributed by atoms with van der Waals surface area (Å²) in [6.45, 7) is 0. The van der Waals surface area contributed by atoms with Crippen LogP contribution in [0.25, 0.3) is 0 Å². The first kappa shape index (κ1) is 16.3. The Morgan fingerprint density at radius 1 is 0.958 bits per heavy atom. The molecule has 4 heteroatoms. The van der Waals surface area contributed by atoms with Crippen molar-refractivity contribution in [2.75, 3.05) is 0 Å². The van der Waals surface area contributed by atoms with E-state index in [0.717, 1.165) is 35.0 Å². The van der Waals surface area contributed by atoms with E-state index in [1.165, 1.54) is 38.5 Å². The molecule has 1 aromatic carbocycles. The number of para-hydroxylation sites is 1. The maximum Gasteiger partial charge on any atom is 0.121 e. The number of thioether (sulfide) groups is 1. The van der Waals surface area contributed by atoms with Gasteiger partial charge in [0.2, 0.25) is 0 Å². The summed E-state index contributed by atoms with van der Waals surface area (Å²) in [7, 11) is 0. The van der Waals surface area contributed by atoms with Gasteiger partial charge in [0.25, 0.3) is 0 Å². The molecule has 0 aromatic heterocycles. The molecule has 0 radical (unpaired) electrons. The molecular weight excluding hydrogens is 316 g/mol. The van der Waals surface area contributed by atoms with Crippen LogP contribution in [-0.2, 0) is 0 Å². The van der Waals surface area contributed by atoms with Gasteiger partial charge >= 0.3 is 0 Å². The lowest BCUT2D eigenvalue weighted by molar-refractivity contribution is 0.0487. The summed E-state index contributed by atoms with van der Waals surface area (Å²) in [5, 5.41) is 13.4. The summed E-state index contributed by atoms with van der Waals surface area (Å²) in [6, 6.07) is 10.5. The normalized spacial score (nSPS) is 34.6. The Morgan fingerprint density at radius 2 is 1.71 bits per heavy atom. The van der Waals surface area contributed by atoms with Crippen molar-refractivity contribution in [1.82, 2.24) is 0 Å². The van der Waals surface area contributed by atoms with E-state index in [4.69, 9.17) is 9.98 Å². The second kappa shape index (κ2) is 7.01. The number of benzene rings is 1. The van der Waals surface area contributed by atoms with Crippen LogP contribution in [0.2, 0.25) is 0 Å². The summed E-state index contributed by atoms with van der Waals surface area (Å²) in [4.78, 5) is 9.90. The summed E-state index contributed by atoms with van der Waals surface area (Å²) in [6.07, 6.45) is 10.4. The second-order valence-electron chi connectivity index (χ2n) is 7.34. The molecule has 2 atom stereocenters. The van der Waals surface area contributed by atoms with E-state index >= 15 is 0 Å². The Kier molecular flexibility index (Phi) is 4.77. The molecule has 1 N–H and O–H groups in total. The fourth-order valence-corrected chi connectivity index (χ4v) is 5.67. The van der Waals surface area contributed by atoms with Gasteiger partial charge in [-0.3, -0.25) is 4.99 Å². The average molecular weight is 343 g/mol. The van der Waals surface area contributed by atoms with Crippen molar-refractivity contribution < 1.29 is 5.11 Å². The van der Waals surface area contributed by atoms with Crippen LogP contribution in [0, 0.1) is 5.92 Å². The fourth-order valence-electron chi connectivity index (χ4n) is 4.24. The van der Waals surface area contributed by atoms with Crippen LogP contribution in [-0.4, -0.2) is 26.8 Å². The highest BCUT2D eigenvalue weighted by Crippen LogP contribution is 2.48. The van der Waals surface area contributed by atoms with Crippen LogP contribution in [0.4, 0.5) is 5.69 Å². The number of nitrogens with zero attached hydrogens (tertiary/aromatic N) is 2. The van der Waals surface area contributed by atoms with Gasteiger partial charge in [0.1, 0.15) is 10.6 Å². The molecule has 1 heterocycles. The summed E-state index contributed by atoms with van der Waals surface area (Å²) in [5.74, 6) is 0.138. The van der Waals surface area contributed by atoms with E-state index in [2.05, 4.69) is 0 Å². The maximum atomic E-state index is 11.4. The first-order chi connectivity index (χ1) is 11.8. The van der Waals surface area contributed by atoms with Crippen LogP contribution in [0.15, 0.2) is 40.3 Å². The van der Waals surface area contributed by atoms with Crippen LogP contribution in [0.5, 0.6) is 0 Å². The van der Waals surface area contributed by atoms with Gasteiger partial charge in [-0.1, -0.05) is 62.1 Å². The smallest absolute Gasteiger partial charge is 0.121 e. The first-order valence-corrected chi connectivity index (χ1v) is 10.2. The lowest BCUT2D eigenvalue weighted by atomic mass is 9.76. The summed E-state index contributed by atoms with van der Waals surface area (Å²) < 4.78 is 0. The molecule has 0 spiro atoms. The van der Waals surface area contributed by atoms with Crippen molar-refractivity contribution in [3.05, 3.63) is 30.3 Å². The Hall–Kier alpha value is -1.13. The molecule has 128 valence electrons. The number of rotatable bonds is 2. The molecular formula is C20H26N2OS. The molecule has 2 saturated carbocycles. The lowest BCUT2D eigenvalue weighted by Crippen LogP contribution is -2.44. The second-order valence-corrected chi connectivity index (χ2v) is 8.35. The third-order valence-electron chi connectivity index (χ3n) is 5.62. The van der Waals surface area contributed by atoms with Crippen molar-refractivity contribution in [3.63, 3.8) is 0 Å². The Balaban J connectivity index is 1.65. The number of hydrogen-bond acceptors (Lipinski definition) is 4. The van der Waals surface area contributed by atoms with Gasteiger partial charge in [-0.05, 0) is 37.8 Å². The molecule has 3 fully saturated rings. The quantitative estimate of drug-likeness (QED) is 0.811. The van der Waals surface area contributed by atoms with E-state index in [1.807, 2.05) is 30.3 Å². The molecule has 3 aliphatic rings. The SMILES string of the molecule is OC12CCCCC1C(=Nc1ccccc1)SC2=NC1CCCCC1. The number of aliphatic hydroxyl groups is 1. The molecule has 1 aliphatic heterocycles. The first-order valence-electron chi connectivity index (χ1n) is 9.38. The van der Waals surface area contributed by atoms with Gasteiger partial charge < -0.3 is 5.11 Å². The predicted octanol–water partition coefficient (Wildman–Crippen LogP) is 5.12. The molecule has 0 bridgehead atoms. The molecule has 4 rings (SSSR count). The zero-order valence-electron chi connectivity index (χ0n) is 14.2. The minimum Gasteiger partial charge on any atom is -0.382 e. The van der Waals surface area contributed by atoms with Crippen molar-refractivity contribution in [3.8, 4) is 0 Å². The zero-order valence-corrected chi connectivity index (χ0v) is 15.0. The topological polar surface area (TPSA) is 45.0 Å². The summed E-state index contributed by atoms with van der Waals surface area (Å²) in [5.41, 5.74) is 0.223. The standard InChI is InChI=1S/C20H26N2OS/c23-20-14-8-7-13-17(20)18(21-15-9-3-1-4-10-15)24-19(20)22-16-11-5-2-6-12-16/h1,3-4,9-10,16-17,23H,2,5-8,11-14H2. The largest absolute Gasteiger partial charge is 0.382 e. The van der Waals surface area contributed by atoms with Crippen molar-refractivity contribution in [1.29, 1.82) is 0 Å². The van der Waals surface area contributed by atoms with E-state index in [9.17, 15) is 5.11 Å². The molecule has 2 unspecified atom stereocenters. The Morgan fingerprint density at radius 3 is 2.50 bits per heavy atom. The van der Waals surface area contributed by atoms with Gasteiger partial charge in [0.05, 0.1) is 16.8 Å². The van der Waals surface area contributed by atoms with Crippen LogP contribution >= 0.6 is 11.8 Å². The predicted molar refractivity (Wildman–Crippen MR) is 102 cm³/mol. The van der Waals surface area contributed by atoms with Crippen LogP contribution in [0.1, 0.15) is 57.8 Å². The third-order valence-corrected chi connectivity index (χ3v) is 6.85. The van der Waals surface area contributed by atoms with Gasteiger partial charge in [0, 0.05) is 5.92 Å². The van der Waals surface area contributed by atoms with Gasteiger partial charge in [0.15, 0.2) is 0 Å². The van der Waals surface area contributed by atoms with Gasteiger partial charge in [-0.2, -0.15) is 0 Å². The van der Waals surface area contributed by atoms with E-state index in [-0.39, 0.29) is 5.92 Å². The average Bonchev–Trinajstić information content (AvgIpc) is 2.89. The third kappa shape index (κ3) is 3.18. The molecule has 1 saturated heterocycles. The highest BCUT2D eigenvalue weighted by molar-refractivity contribution is 8.27. The highest BCUT2D eigenvalue weighted by atomic mass is 32.2. The van der Waals surface area contributed by atoms with E-state index in [0.29, 0.717) is 6.04 Å². The minimum atomic E-state index is -0.756. The van der Waals surface area contributed by atoms with Crippen molar-refractivity contribution in [2.45, 2.75) is 69.4 Å². The maximum absolute atomic E-state index is 11.4. The van der Waals surface area contributed by atoms with E-state index in [1.54, 1.807) is 11.8 Å².